The Kier molecular flexibility index (Phi) is 4.74. The predicted molar refractivity (Wildman–Crippen MR) is 110 cm³/mol. The Labute approximate surface area is 170 Å². The Morgan fingerprint density at radius 1 is 1.25 bits per heavy atom. The number of nitrogens with one attached hydrogen (secondary N) is 1. The number of amides is 1. The van der Waals surface area contributed by atoms with Crippen molar-refractivity contribution in [2.45, 2.75) is 13.8 Å². The van der Waals surface area contributed by atoms with Gasteiger partial charge in [0.05, 0.1) is 33.9 Å². The predicted octanol–water partition coefficient (Wildman–Crippen LogP) is 4.25. The Balaban J connectivity index is 1.59. The highest BCUT2D eigenvalue weighted by Crippen LogP contribution is 2.26. The van der Waals surface area contributed by atoms with Crippen LogP contribution < -0.4 is 5.32 Å². The van der Waals surface area contributed by atoms with Crippen molar-refractivity contribution in [3.63, 3.8) is 0 Å². The molecular weight excluding hydrogens is 396 g/mol. The minimum Gasteiger partial charge on any atom is -0.298 e. The second kappa shape index (κ2) is 7.21. The van der Waals surface area contributed by atoms with Gasteiger partial charge in [0.2, 0.25) is 0 Å². The van der Waals surface area contributed by atoms with Gasteiger partial charge in [-0.2, -0.15) is 10.2 Å². The van der Waals surface area contributed by atoms with E-state index in [4.69, 9.17) is 11.6 Å². The fourth-order valence-electron chi connectivity index (χ4n) is 2.89. The lowest BCUT2D eigenvalue weighted by Gasteiger charge is -2.09. The van der Waals surface area contributed by atoms with Crippen molar-refractivity contribution < 1.29 is 4.79 Å². The van der Waals surface area contributed by atoms with E-state index >= 15 is 0 Å². The quantitative estimate of drug-likeness (QED) is 0.543. The summed E-state index contributed by atoms with van der Waals surface area (Å²) in [6.07, 6.45) is 3.60. The molecule has 0 aliphatic carbocycles. The molecule has 4 rings (SSSR count). The van der Waals surface area contributed by atoms with E-state index < -0.39 is 0 Å². The molecule has 7 nitrogen and oxygen atoms in total. The standard InChI is InChI=1S/C19H17ClN6OS/c1-11-6-12(2)26(24-11)14-4-5-16(20)15(7-14)18(27)23-19-22-17(10-28-19)13-8-21-25(3)9-13/h4-10H,1-3H3,(H,22,23,27). The van der Waals surface area contributed by atoms with E-state index in [-0.39, 0.29) is 5.91 Å². The summed E-state index contributed by atoms with van der Waals surface area (Å²) in [6.45, 7) is 3.89. The summed E-state index contributed by atoms with van der Waals surface area (Å²) >= 11 is 7.62. The van der Waals surface area contributed by atoms with E-state index in [0.29, 0.717) is 15.7 Å². The van der Waals surface area contributed by atoms with Gasteiger partial charge in [0, 0.05) is 29.9 Å². The molecule has 3 aromatic heterocycles. The first-order chi connectivity index (χ1) is 13.4. The van der Waals surface area contributed by atoms with Crippen LogP contribution in [0.4, 0.5) is 5.13 Å². The molecule has 142 valence electrons. The van der Waals surface area contributed by atoms with E-state index in [0.717, 1.165) is 28.3 Å². The van der Waals surface area contributed by atoms with Crippen molar-refractivity contribution in [2.75, 3.05) is 5.32 Å². The minimum absolute atomic E-state index is 0.319. The van der Waals surface area contributed by atoms with E-state index in [1.165, 1.54) is 11.3 Å². The summed E-state index contributed by atoms with van der Waals surface area (Å²) in [5.41, 5.74) is 4.68. The van der Waals surface area contributed by atoms with Gasteiger partial charge in [-0.25, -0.2) is 9.67 Å². The van der Waals surface area contributed by atoms with Crippen LogP contribution in [0.25, 0.3) is 16.9 Å². The highest BCUT2D eigenvalue weighted by Gasteiger charge is 2.16. The molecule has 0 saturated carbocycles. The topological polar surface area (TPSA) is 77.6 Å². The second-order valence-corrected chi connectivity index (χ2v) is 7.66. The van der Waals surface area contributed by atoms with Crippen molar-refractivity contribution in [1.82, 2.24) is 24.5 Å². The van der Waals surface area contributed by atoms with Crippen molar-refractivity contribution >= 4 is 34.0 Å². The van der Waals surface area contributed by atoms with Gasteiger partial charge in [0.25, 0.3) is 5.91 Å². The molecule has 3 heterocycles. The largest absolute Gasteiger partial charge is 0.298 e. The molecule has 1 N–H and O–H groups in total. The Morgan fingerprint density at radius 3 is 2.75 bits per heavy atom. The minimum atomic E-state index is -0.319. The van der Waals surface area contributed by atoms with Crippen LogP contribution >= 0.6 is 22.9 Å². The smallest absolute Gasteiger partial charge is 0.259 e. The van der Waals surface area contributed by atoms with E-state index in [1.54, 1.807) is 27.7 Å². The molecule has 9 heteroatoms. The summed E-state index contributed by atoms with van der Waals surface area (Å²) < 4.78 is 3.49. The number of hydrogen-bond donors (Lipinski definition) is 1. The lowest BCUT2D eigenvalue weighted by Crippen LogP contribution is -2.13. The van der Waals surface area contributed by atoms with Crippen LogP contribution in [0.15, 0.2) is 42.0 Å². The van der Waals surface area contributed by atoms with Crippen LogP contribution in [0, 0.1) is 13.8 Å². The van der Waals surface area contributed by atoms with Gasteiger partial charge in [-0.05, 0) is 38.1 Å². The van der Waals surface area contributed by atoms with Crippen LogP contribution in [0.5, 0.6) is 0 Å². The maximum Gasteiger partial charge on any atom is 0.259 e. The Morgan fingerprint density at radius 2 is 2.07 bits per heavy atom. The van der Waals surface area contributed by atoms with Crippen LogP contribution in [-0.2, 0) is 7.05 Å². The van der Waals surface area contributed by atoms with Crippen molar-refractivity contribution in [1.29, 1.82) is 0 Å². The summed E-state index contributed by atoms with van der Waals surface area (Å²) in [5, 5.41) is 14.2. The summed E-state index contributed by atoms with van der Waals surface area (Å²) in [7, 11) is 1.84. The molecule has 0 aliphatic rings. The number of nitrogens with zero attached hydrogens (tertiary/aromatic N) is 5. The maximum atomic E-state index is 12.8. The highest BCUT2D eigenvalue weighted by molar-refractivity contribution is 7.14. The fraction of sp³-hybridized carbons (Fsp3) is 0.158. The van der Waals surface area contributed by atoms with Crippen molar-refractivity contribution in [2.24, 2.45) is 7.05 Å². The number of rotatable bonds is 4. The van der Waals surface area contributed by atoms with Gasteiger partial charge in [0.15, 0.2) is 5.13 Å². The first-order valence-corrected chi connectivity index (χ1v) is 9.75. The Bertz CT molecular complexity index is 1180. The molecule has 0 fully saturated rings. The van der Waals surface area contributed by atoms with Crippen LogP contribution in [0.3, 0.4) is 0 Å². The summed E-state index contributed by atoms with van der Waals surface area (Å²) in [5.74, 6) is -0.319. The number of benzene rings is 1. The number of aromatic nitrogens is 5. The number of carbonyl (C=O) groups excluding carboxylic acids is 1. The fourth-order valence-corrected chi connectivity index (χ4v) is 3.81. The van der Waals surface area contributed by atoms with Gasteiger partial charge in [-0.1, -0.05) is 11.6 Å². The third-order valence-electron chi connectivity index (χ3n) is 4.17. The molecule has 0 unspecified atom stereocenters. The molecular formula is C19H17ClN6OS. The molecule has 1 amide bonds. The zero-order valence-corrected chi connectivity index (χ0v) is 17.0. The third-order valence-corrected chi connectivity index (χ3v) is 5.26. The van der Waals surface area contributed by atoms with Gasteiger partial charge in [0.1, 0.15) is 0 Å². The van der Waals surface area contributed by atoms with Gasteiger partial charge in [-0.15, -0.1) is 11.3 Å². The van der Waals surface area contributed by atoms with Gasteiger partial charge < -0.3 is 0 Å². The lowest BCUT2D eigenvalue weighted by atomic mass is 10.2. The molecule has 0 spiro atoms. The molecule has 1 aromatic carbocycles. The average Bonchev–Trinajstić information content (AvgIpc) is 3.36. The first-order valence-electron chi connectivity index (χ1n) is 8.50. The molecule has 28 heavy (non-hydrogen) atoms. The number of halogens is 1. The summed E-state index contributed by atoms with van der Waals surface area (Å²) in [6, 6.07) is 7.24. The van der Waals surface area contributed by atoms with Crippen LogP contribution in [0.2, 0.25) is 5.02 Å². The number of carbonyl (C=O) groups is 1. The van der Waals surface area contributed by atoms with E-state index in [2.05, 4.69) is 20.5 Å². The molecule has 4 aromatic rings. The first kappa shape index (κ1) is 18.4. The zero-order valence-electron chi connectivity index (χ0n) is 15.5. The zero-order chi connectivity index (χ0) is 19.8. The normalized spacial score (nSPS) is 11.0. The SMILES string of the molecule is Cc1cc(C)n(-c2ccc(Cl)c(C(=O)Nc3nc(-c4cnn(C)c4)cs3)c2)n1. The second-order valence-electron chi connectivity index (χ2n) is 6.40. The van der Waals surface area contributed by atoms with E-state index in [9.17, 15) is 4.79 Å². The number of hydrogen-bond acceptors (Lipinski definition) is 5. The lowest BCUT2D eigenvalue weighted by molar-refractivity contribution is 0.102. The number of thiazole rings is 1. The molecule has 0 bridgehead atoms. The molecule has 0 atom stereocenters. The summed E-state index contributed by atoms with van der Waals surface area (Å²) in [4.78, 5) is 17.2. The van der Waals surface area contributed by atoms with E-state index in [1.807, 2.05) is 44.6 Å². The van der Waals surface area contributed by atoms with Crippen LogP contribution in [0.1, 0.15) is 21.7 Å². The molecule has 0 radical (unpaired) electrons. The Hall–Kier alpha value is -2.97. The van der Waals surface area contributed by atoms with Crippen molar-refractivity contribution in [3.05, 3.63) is 64.0 Å². The molecule has 0 saturated heterocycles. The van der Waals surface area contributed by atoms with Crippen LogP contribution in [-0.4, -0.2) is 30.5 Å². The number of anilines is 1. The highest BCUT2D eigenvalue weighted by atomic mass is 35.5. The monoisotopic (exact) mass is 412 g/mol. The maximum absolute atomic E-state index is 12.8. The average molecular weight is 413 g/mol. The van der Waals surface area contributed by atoms with Gasteiger partial charge >= 0.3 is 0 Å². The number of aryl methyl sites for hydroxylation is 3. The van der Waals surface area contributed by atoms with Gasteiger partial charge in [-0.3, -0.25) is 14.8 Å². The third kappa shape index (κ3) is 3.56. The molecule has 0 aliphatic heterocycles. The van der Waals surface area contributed by atoms with Crippen molar-refractivity contribution in [3.8, 4) is 16.9 Å².